The van der Waals surface area contributed by atoms with Gasteiger partial charge in [-0.25, -0.2) is 4.98 Å². The fourth-order valence-corrected chi connectivity index (χ4v) is 1.89. The zero-order valence-electron chi connectivity index (χ0n) is 11.2. The average Bonchev–Trinajstić information content (AvgIpc) is 2.70. The fourth-order valence-electron chi connectivity index (χ4n) is 1.89. The van der Waals surface area contributed by atoms with Crippen LogP contribution >= 0.6 is 0 Å². The molecule has 100 valence electrons. The molecule has 0 aliphatic rings. The molecule has 0 fully saturated rings. The summed E-state index contributed by atoms with van der Waals surface area (Å²) in [6.07, 6.45) is 3.30. The number of rotatable bonds is 3. The lowest BCUT2D eigenvalue weighted by Crippen LogP contribution is -2.28. The van der Waals surface area contributed by atoms with Gasteiger partial charge in [0.15, 0.2) is 5.69 Å². The van der Waals surface area contributed by atoms with Crippen molar-refractivity contribution < 1.29 is 4.79 Å². The second-order valence-electron chi connectivity index (χ2n) is 4.45. The van der Waals surface area contributed by atoms with Crippen molar-refractivity contribution in [1.82, 2.24) is 20.1 Å². The fraction of sp³-hybridized carbons (Fsp3) is 0.308. The van der Waals surface area contributed by atoms with E-state index in [1.165, 1.54) is 0 Å². The van der Waals surface area contributed by atoms with E-state index in [1.54, 1.807) is 29.2 Å². The van der Waals surface area contributed by atoms with Gasteiger partial charge in [-0.15, -0.1) is 0 Å². The van der Waals surface area contributed by atoms with Crippen molar-refractivity contribution in [3.8, 4) is 0 Å². The SMILES string of the molecule is Cc1c(C(C)NC(=O)c2ncccc2N)cnn1C. The zero-order valence-corrected chi connectivity index (χ0v) is 11.2. The Morgan fingerprint density at radius 3 is 2.84 bits per heavy atom. The van der Waals surface area contributed by atoms with Crippen LogP contribution in [0.2, 0.25) is 0 Å². The quantitative estimate of drug-likeness (QED) is 0.867. The number of carbonyl (C=O) groups is 1. The van der Waals surface area contributed by atoms with Gasteiger partial charge in [0, 0.05) is 24.5 Å². The smallest absolute Gasteiger partial charge is 0.272 e. The minimum atomic E-state index is -0.283. The summed E-state index contributed by atoms with van der Waals surface area (Å²) in [4.78, 5) is 16.1. The number of nitrogens with one attached hydrogen (secondary N) is 1. The summed E-state index contributed by atoms with van der Waals surface area (Å²) < 4.78 is 1.77. The van der Waals surface area contributed by atoms with Gasteiger partial charge in [-0.3, -0.25) is 9.48 Å². The van der Waals surface area contributed by atoms with Gasteiger partial charge in [0.05, 0.1) is 17.9 Å². The van der Waals surface area contributed by atoms with E-state index < -0.39 is 0 Å². The van der Waals surface area contributed by atoms with Crippen LogP contribution in [0.25, 0.3) is 0 Å². The van der Waals surface area contributed by atoms with Crippen molar-refractivity contribution >= 4 is 11.6 Å². The monoisotopic (exact) mass is 259 g/mol. The van der Waals surface area contributed by atoms with Gasteiger partial charge in [0.1, 0.15) is 0 Å². The van der Waals surface area contributed by atoms with Crippen molar-refractivity contribution in [2.24, 2.45) is 7.05 Å². The van der Waals surface area contributed by atoms with Gasteiger partial charge in [-0.2, -0.15) is 5.10 Å². The van der Waals surface area contributed by atoms with Crippen LogP contribution in [0.1, 0.15) is 34.7 Å². The molecule has 0 aliphatic heterocycles. The molecule has 2 rings (SSSR count). The number of pyridine rings is 1. The highest BCUT2D eigenvalue weighted by atomic mass is 16.1. The number of nitrogens with zero attached hydrogens (tertiary/aromatic N) is 3. The Kier molecular flexibility index (Phi) is 3.50. The van der Waals surface area contributed by atoms with Gasteiger partial charge < -0.3 is 11.1 Å². The molecule has 1 unspecified atom stereocenters. The van der Waals surface area contributed by atoms with Gasteiger partial charge in [-0.05, 0) is 26.0 Å². The molecule has 1 amide bonds. The summed E-state index contributed by atoms with van der Waals surface area (Å²) in [7, 11) is 1.87. The maximum atomic E-state index is 12.1. The first kappa shape index (κ1) is 13.1. The van der Waals surface area contributed by atoms with Crippen molar-refractivity contribution in [2.75, 3.05) is 5.73 Å². The third-order valence-electron chi connectivity index (χ3n) is 3.14. The number of aromatic nitrogens is 3. The molecule has 0 spiro atoms. The molecular weight excluding hydrogens is 242 g/mol. The predicted molar refractivity (Wildman–Crippen MR) is 72.5 cm³/mol. The first-order valence-electron chi connectivity index (χ1n) is 6.00. The van der Waals surface area contributed by atoms with Gasteiger partial charge in [0.25, 0.3) is 5.91 Å². The number of carbonyl (C=O) groups excluding carboxylic acids is 1. The molecule has 0 saturated heterocycles. The van der Waals surface area contributed by atoms with Gasteiger partial charge in [-0.1, -0.05) is 0 Å². The standard InChI is InChI=1S/C13H17N5O/c1-8(10-7-16-18(3)9(10)2)17-13(19)12-11(14)5-4-6-15-12/h4-8H,14H2,1-3H3,(H,17,19). The normalized spacial score (nSPS) is 12.2. The Balaban J connectivity index is 2.16. The molecule has 6 heteroatoms. The Morgan fingerprint density at radius 1 is 1.53 bits per heavy atom. The maximum absolute atomic E-state index is 12.1. The number of anilines is 1. The summed E-state index contributed by atoms with van der Waals surface area (Å²) in [6.45, 7) is 3.86. The van der Waals surface area contributed by atoms with Crippen LogP contribution in [-0.4, -0.2) is 20.7 Å². The lowest BCUT2D eigenvalue weighted by Gasteiger charge is -2.14. The Bertz CT molecular complexity index is 605. The number of nitrogen functional groups attached to an aromatic ring is 1. The highest BCUT2D eigenvalue weighted by Crippen LogP contribution is 2.17. The molecule has 2 heterocycles. The largest absolute Gasteiger partial charge is 0.397 e. The summed E-state index contributed by atoms with van der Waals surface area (Å²) >= 11 is 0. The van der Waals surface area contributed by atoms with E-state index in [-0.39, 0.29) is 17.6 Å². The number of amides is 1. The Hall–Kier alpha value is -2.37. The Morgan fingerprint density at radius 2 is 2.26 bits per heavy atom. The molecule has 0 aliphatic carbocycles. The molecule has 1 atom stereocenters. The van der Waals surface area contributed by atoms with Crippen LogP contribution in [0.15, 0.2) is 24.5 Å². The van der Waals surface area contributed by atoms with Crippen LogP contribution in [0.4, 0.5) is 5.69 Å². The van der Waals surface area contributed by atoms with E-state index >= 15 is 0 Å². The summed E-state index contributed by atoms with van der Waals surface area (Å²) in [5, 5.41) is 7.03. The van der Waals surface area contributed by atoms with Crippen LogP contribution < -0.4 is 11.1 Å². The molecular formula is C13H17N5O. The second-order valence-corrected chi connectivity index (χ2v) is 4.45. The van der Waals surface area contributed by atoms with Crippen molar-refractivity contribution in [3.05, 3.63) is 41.5 Å². The second kappa shape index (κ2) is 5.09. The topological polar surface area (TPSA) is 85.8 Å². The lowest BCUT2D eigenvalue weighted by atomic mass is 10.1. The third-order valence-corrected chi connectivity index (χ3v) is 3.14. The molecule has 2 aromatic heterocycles. The molecule has 0 bridgehead atoms. The van der Waals surface area contributed by atoms with Crippen molar-refractivity contribution in [3.63, 3.8) is 0 Å². The van der Waals surface area contributed by atoms with Crippen molar-refractivity contribution in [2.45, 2.75) is 19.9 Å². The van der Waals surface area contributed by atoms with Crippen LogP contribution in [-0.2, 0) is 7.05 Å². The number of aryl methyl sites for hydroxylation is 1. The van der Waals surface area contributed by atoms with E-state index in [4.69, 9.17) is 5.73 Å². The van der Waals surface area contributed by atoms with Gasteiger partial charge in [0.2, 0.25) is 0 Å². The van der Waals surface area contributed by atoms with Crippen LogP contribution in [0.3, 0.4) is 0 Å². The van der Waals surface area contributed by atoms with E-state index in [2.05, 4.69) is 15.4 Å². The number of hydrogen-bond donors (Lipinski definition) is 2. The van der Waals surface area contributed by atoms with Crippen LogP contribution in [0.5, 0.6) is 0 Å². The maximum Gasteiger partial charge on any atom is 0.272 e. The average molecular weight is 259 g/mol. The van der Waals surface area contributed by atoms with E-state index in [9.17, 15) is 4.79 Å². The number of nitrogens with two attached hydrogens (primary N) is 1. The predicted octanol–water partition coefficient (Wildman–Crippen LogP) is 1.20. The molecule has 2 aromatic rings. The minimum Gasteiger partial charge on any atom is -0.397 e. The summed E-state index contributed by atoms with van der Waals surface area (Å²) in [5.41, 5.74) is 8.34. The first-order chi connectivity index (χ1) is 9.00. The molecule has 0 aromatic carbocycles. The zero-order chi connectivity index (χ0) is 14.0. The minimum absolute atomic E-state index is 0.150. The highest BCUT2D eigenvalue weighted by molar-refractivity contribution is 5.97. The van der Waals surface area contributed by atoms with E-state index in [1.807, 2.05) is 20.9 Å². The van der Waals surface area contributed by atoms with Crippen molar-refractivity contribution in [1.29, 1.82) is 0 Å². The van der Waals surface area contributed by atoms with E-state index in [0.29, 0.717) is 5.69 Å². The lowest BCUT2D eigenvalue weighted by molar-refractivity contribution is 0.0936. The summed E-state index contributed by atoms with van der Waals surface area (Å²) in [5.74, 6) is -0.283. The molecule has 0 saturated carbocycles. The van der Waals surface area contributed by atoms with Gasteiger partial charge >= 0.3 is 0 Å². The van der Waals surface area contributed by atoms with Crippen LogP contribution in [0, 0.1) is 6.92 Å². The molecule has 6 nitrogen and oxygen atoms in total. The molecule has 19 heavy (non-hydrogen) atoms. The van der Waals surface area contributed by atoms with E-state index in [0.717, 1.165) is 11.3 Å². The first-order valence-corrected chi connectivity index (χ1v) is 6.00. The Labute approximate surface area is 111 Å². The molecule has 3 N–H and O–H groups in total. The summed E-state index contributed by atoms with van der Waals surface area (Å²) in [6, 6.07) is 3.20. The number of hydrogen-bond acceptors (Lipinski definition) is 4. The highest BCUT2D eigenvalue weighted by Gasteiger charge is 2.17. The third kappa shape index (κ3) is 2.57. The molecule has 0 radical (unpaired) electrons.